The molecule has 0 aromatic heterocycles. The van der Waals surface area contributed by atoms with E-state index in [1.54, 1.807) is 0 Å². The summed E-state index contributed by atoms with van der Waals surface area (Å²) < 4.78 is 0. The Balaban J connectivity index is 2.49. The Morgan fingerprint density at radius 2 is 1.62 bits per heavy atom. The molecule has 0 spiro atoms. The predicted octanol–water partition coefficient (Wildman–Crippen LogP) is 8.18. The number of aliphatic hydroxyl groups is 1. The molecule has 3 unspecified atom stereocenters. The van der Waals surface area contributed by atoms with Gasteiger partial charge in [-0.2, -0.15) is 0 Å². The molecule has 2 rings (SSSR count). The van der Waals surface area contributed by atoms with E-state index in [0.717, 1.165) is 36.8 Å². The summed E-state index contributed by atoms with van der Waals surface area (Å²) in [4.78, 5) is 0. The first-order chi connectivity index (χ1) is 15.2. The van der Waals surface area contributed by atoms with Crippen LogP contribution in [0.3, 0.4) is 0 Å². The highest BCUT2D eigenvalue weighted by atomic mass is 16.3. The lowest BCUT2D eigenvalue weighted by atomic mass is 9.65. The molecule has 0 aliphatic heterocycles. The van der Waals surface area contributed by atoms with Crippen molar-refractivity contribution in [1.82, 2.24) is 0 Å². The summed E-state index contributed by atoms with van der Waals surface area (Å²) in [5.41, 5.74) is 3.86. The molecule has 3 nitrogen and oxygen atoms in total. The maximum absolute atomic E-state index is 11.1. The number of unbranched alkanes of at least 4 members (excludes halogenated alkanes) is 3. The molecular formula is C29H48O3. The largest absolute Gasteiger partial charge is 0.507 e. The van der Waals surface area contributed by atoms with Gasteiger partial charge in [-0.15, -0.1) is 0 Å². The summed E-state index contributed by atoms with van der Waals surface area (Å²) in [6, 6.07) is 3.77. The van der Waals surface area contributed by atoms with Crippen LogP contribution in [0.25, 0.3) is 5.57 Å². The molecule has 0 radical (unpaired) electrons. The first-order valence-corrected chi connectivity index (χ1v) is 13.1. The number of aromatic hydroxyl groups is 2. The van der Waals surface area contributed by atoms with Crippen LogP contribution >= 0.6 is 0 Å². The van der Waals surface area contributed by atoms with Crippen molar-refractivity contribution in [3.05, 3.63) is 28.8 Å². The van der Waals surface area contributed by atoms with Gasteiger partial charge in [-0.05, 0) is 72.1 Å². The summed E-state index contributed by atoms with van der Waals surface area (Å²) in [5, 5.41) is 32.2. The van der Waals surface area contributed by atoms with Gasteiger partial charge in [0, 0.05) is 6.61 Å². The molecule has 0 bridgehead atoms. The molecule has 0 fully saturated rings. The first kappa shape index (κ1) is 26.8. The summed E-state index contributed by atoms with van der Waals surface area (Å²) in [7, 11) is 0. The van der Waals surface area contributed by atoms with Gasteiger partial charge in [0.05, 0.1) is 5.56 Å². The average molecular weight is 445 g/mol. The molecule has 3 atom stereocenters. The first-order valence-electron chi connectivity index (χ1n) is 13.1. The van der Waals surface area contributed by atoms with Crippen molar-refractivity contribution in [3.63, 3.8) is 0 Å². The van der Waals surface area contributed by atoms with Crippen LogP contribution in [0.4, 0.5) is 0 Å². The van der Waals surface area contributed by atoms with Crippen LogP contribution in [0.5, 0.6) is 11.5 Å². The van der Waals surface area contributed by atoms with Crippen LogP contribution in [0.2, 0.25) is 0 Å². The fourth-order valence-corrected chi connectivity index (χ4v) is 5.34. The Morgan fingerprint density at radius 1 is 1.00 bits per heavy atom. The normalized spacial score (nSPS) is 19.3. The van der Waals surface area contributed by atoms with Gasteiger partial charge in [0.15, 0.2) is 0 Å². The second kappa shape index (κ2) is 12.1. The fraction of sp³-hybridized carbons (Fsp3) is 0.724. The van der Waals surface area contributed by atoms with E-state index in [2.05, 4.69) is 41.5 Å². The van der Waals surface area contributed by atoms with Crippen molar-refractivity contribution in [2.75, 3.05) is 6.61 Å². The number of hydrogen-bond donors (Lipinski definition) is 3. The average Bonchev–Trinajstić information content (AvgIpc) is 2.76. The third-order valence-electron chi connectivity index (χ3n) is 8.14. The van der Waals surface area contributed by atoms with Crippen LogP contribution < -0.4 is 0 Å². The van der Waals surface area contributed by atoms with Crippen LogP contribution in [-0.2, 0) is 0 Å². The van der Waals surface area contributed by atoms with Crippen molar-refractivity contribution >= 4 is 5.57 Å². The second-order valence-corrected chi connectivity index (χ2v) is 10.8. The lowest BCUT2D eigenvalue weighted by Crippen LogP contribution is -2.30. The minimum absolute atomic E-state index is 0.113. The minimum Gasteiger partial charge on any atom is -0.507 e. The van der Waals surface area contributed by atoms with Gasteiger partial charge in [-0.3, -0.25) is 0 Å². The predicted molar refractivity (Wildman–Crippen MR) is 136 cm³/mol. The number of phenolic OH excluding ortho intramolecular Hbond substituents is 2. The number of hydrogen-bond acceptors (Lipinski definition) is 3. The molecule has 0 saturated carbocycles. The van der Waals surface area contributed by atoms with Crippen LogP contribution in [0.15, 0.2) is 17.7 Å². The highest BCUT2D eigenvalue weighted by Crippen LogP contribution is 2.51. The molecule has 1 aromatic rings. The molecule has 1 aromatic carbocycles. The van der Waals surface area contributed by atoms with Crippen molar-refractivity contribution in [3.8, 4) is 11.5 Å². The zero-order chi connectivity index (χ0) is 23.9. The van der Waals surface area contributed by atoms with Crippen molar-refractivity contribution < 1.29 is 15.3 Å². The molecule has 0 amide bonds. The van der Waals surface area contributed by atoms with Crippen LogP contribution in [0.1, 0.15) is 123 Å². The molecule has 0 saturated heterocycles. The van der Waals surface area contributed by atoms with Crippen molar-refractivity contribution in [2.24, 2.45) is 17.3 Å². The SMILES string of the molecule is CCCCCC(C)c1cc(O)c(C2=C(C(C)(C)C(C)CO)CCC(CCCC)C2)c(O)c1. The van der Waals surface area contributed by atoms with Crippen molar-refractivity contribution in [1.29, 1.82) is 0 Å². The summed E-state index contributed by atoms with van der Waals surface area (Å²) in [5.74, 6) is 1.43. The van der Waals surface area contributed by atoms with Gasteiger partial charge in [0.1, 0.15) is 11.5 Å². The highest BCUT2D eigenvalue weighted by Gasteiger charge is 2.36. The topological polar surface area (TPSA) is 60.7 Å². The van der Waals surface area contributed by atoms with Crippen LogP contribution in [-0.4, -0.2) is 21.9 Å². The number of benzene rings is 1. The van der Waals surface area contributed by atoms with E-state index in [-0.39, 0.29) is 29.4 Å². The van der Waals surface area contributed by atoms with Crippen molar-refractivity contribution in [2.45, 2.75) is 112 Å². The molecule has 1 aliphatic rings. The van der Waals surface area contributed by atoms with Crippen LogP contribution in [0, 0.1) is 17.3 Å². The standard InChI is InChI=1S/C29H48O3/c1-7-9-11-12-20(3)23-17-26(31)28(27(32)18-23)24-16-22(13-10-8-2)14-15-25(24)29(5,6)21(4)19-30/h17-18,20-22,30-32H,7-16,19H2,1-6H3. The molecular weight excluding hydrogens is 396 g/mol. The third kappa shape index (κ3) is 6.31. The summed E-state index contributed by atoms with van der Waals surface area (Å²) in [6.45, 7) is 13.3. The second-order valence-electron chi connectivity index (χ2n) is 10.8. The Kier molecular flexibility index (Phi) is 10.1. The summed E-state index contributed by atoms with van der Waals surface area (Å²) in [6.07, 6.45) is 11.3. The van der Waals surface area contributed by atoms with E-state index in [1.807, 2.05) is 12.1 Å². The molecule has 3 N–H and O–H groups in total. The molecule has 1 aliphatic carbocycles. The van der Waals surface area contributed by atoms with Gasteiger partial charge >= 0.3 is 0 Å². The van der Waals surface area contributed by atoms with E-state index in [1.165, 1.54) is 44.1 Å². The van der Waals surface area contributed by atoms with E-state index < -0.39 is 0 Å². The fourth-order valence-electron chi connectivity index (χ4n) is 5.34. The van der Waals surface area contributed by atoms with Gasteiger partial charge in [0.2, 0.25) is 0 Å². The zero-order valence-corrected chi connectivity index (χ0v) is 21.5. The Labute approximate surface area is 197 Å². The zero-order valence-electron chi connectivity index (χ0n) is 21.5. The van der Waals surface area contributed by atoms with Gasteiger partial charge in [-0.1, -0.05) is 85.6 Å². The molecule has 3 heteroatoms. The number of aliphatic hydroxyl groups excluding tert-OH is 1. The summed E-state index contributed by atoms with van der Waals surface area (Å²) >= 11 is 0. The lowest BCUT2D eigenvalue weighted by Gasteiger charge is -2.40. The van der Waals surface area contributed by atoms with E-state index in [0.29, 0.717) is 17.4 Å². The van der Waals surface area contributed by atoms with E-state index in [9.17, 15) is 15.3 Å². The lowest BCUT2D eigenvalue weighted by molar-refractivity contribution is 0.152. The smallest absolute Gasteiger partial charge is 0.127 e. The van der Waals surface area contributed by atoms with Gasteiger partial charge < -0.3 is 15.3 Å². The molecule has 32 heavy (non-hydrogen) atoms. The highest BCUT2D eigenvalue weighted by molar-refractivity contribution is 5.79. The quantitative estimate of drug-likeness (QED) is 0.285. The molecule has 182 valence electrons. The monoisotopic (exact) mass is 444 g/mol. The van der Waals surface area contributed by atoms with Gasteiger partial charge in [0.25, 0.3) is 0 Å². The number of rotatable bonds is 12. The molecule has 0 heterocycles. The van der Waals surface area contributed by atoms with E-state index >= 15 is 0 Å². The van der Waals surface area contributed by atoms with Gasteiger partial charge in [-0.25, -0.2) is 0 Å². The maximum Gasteiger partial charge on any atom is 0.127 e. The Bertz CT molecular complexity index is 739. The third-order valence-corrected chi connectivity index (χ3v) is 8.14. The van der Waals surface area contributed by atoms with E-state index in [4.69, 9.17) is 0 Å². The number of phenols is 2. The minimum atomic E-state index is -0.190. The maximum atomic E-state index is 11.1. The number of allylic oxidation sites excluding steroid dienone is 2. The Hall–Kier alpha value is -1.48. The Morgan fingerprint density at radius 3 is 2.19 bits per heavy atom.